The molecule has 1 fully saturated rings. The monoisotopic (exact) mass is 401 g/mol. The van der Waals surface area contributed by atoms with E-state index in [0.717, 1.165) is 38.6 Å². The summed E-state index contributed by atoms with van der Waals surface area (Å²) in [5, 5.41) is 2.75. The second kappa shape index (κ2) is 11.2. The van der Waals surface area contributed by atoms with Gasteiger partial charge in [0.25, 0.3) is 5.91 Å². The highest BCUT2D eigenvalue weighted by Gasteiger charge is 2.10. The Bertz CT molecular complexity index is 746. The van der Waals surface area contributed by atoms with Crippen molar-refractivity contribution in [3.63, 3.8) is 0 Å². The van der Waals surface area contributed by atoms with Crippen molar-refractivity contribution in [1.29, 1.82) is 0 Å². The molecule has 0 atom stereocenters. The summed E-state index contributed by atoms with van der Waals surface area (Å²) in [6, 6.07) is 10.6. The summed E-state index contributed by atoms with van der Waals surface area (Å²) < 4.78 is 21.8. The molecule has 1 amide bonds. The van der Waals surface area contributed by atoms with Crippen LogP contribution in [0.5, 0.6) is 17.4 Å². The van der Waals surface area contributed by atoms with E-state index in [1.165, 1.54) is 0 Å². The van der Waals surface area contributed by atoms with E-state index in [0.29, 0.717) is 30.5 Å². The summed E-state index contributed by atoms with van der Waals surface area (Å²) in [5.41, 5.74) is 0.589. The molecule has 3 rings (SSSR count). The molecule has 1 N–H and O–H groups in total. The van der Waals surface area contributed by atoms with Crippen LogP contribution in [0.1, 0.15) is 6.92 Å². The molecule has 0 radical (unpaired) electrons. The van der Waals surface area contributed by atoms with Crippen LogP contribution >= 0.6 is 0 Å². The van der Waals surface area contributed by atoms with E-state index in [9.17, 15) is 4.79 Å². The summed E-state index contributed by atoms with van der Waals surface area (Å²) in [7, 11) is 0. The minimum Gasteiger partial charge on any atom is -0.494 e. The van der Waals surface area contributed by atoms with E-state index in [4.69, 9.17) is 18.9 Å². The van der Waals surface area contributed by atoms with Crippen LogP contribution in [0.15, 0.2) is 42.6 Å². The third kappa shape index (κ3) is 7.24. The number of carbonyl (C=O) groups is 1. The second-order valence-electron chi connectivity index (χ2n) is 6.43. The Kier molecular flexibility index (Phi) is 8.09. The van der Waals surface area contributed by atoms with E-state index >= 15 is 0 Å². The number of carbonyl (C=O) groups excluding carboxylic acids is 1. The van der Waals surface area contributed by atoms with Gasteiger partial charge in [-0.05, 0) is 37.3 Å². The Morgan fingerprint density at radius 2 is 1.79 bits per heavy atom. The number of morpholine rings is 1. The molecule has 1 aromatic heterocycles. The minimum atomic E-state index is -0.262. The fraction of sp³-hybridized carbons (Fsp3) is 0.429. The Hall–Kier alpha value is -2.84. The van der Waals surface area contributed by atoms with Gasteiger partial charge in [0.15, 0.2) is 6.61 Å². The van der Waals surface area contributed by atoms with Crippen molar-refractivity contribution in [3.8, 4) is 17.4 Å². The van der Waals surface area contributed by atoms with Gasteiger partial charge in [-0.15, -0.1) is 0 Å². The molecule has 1 aromatic carbocycles. The molecular weight excluding hydrogens is 374 g/mol. The number of rotatable bonds is 10. The predicted octanol–water partition coefficient (Wildman–Crippen LogP) is 2.21. The first kappa shape index (κ1) is 20.9. The van der Waals surface area contributed by atoms with Crippen molar-refractivity contribution >= 4 is 11.6 Å². The number of benzene rings is 1. The Morgan fingerprint density at radius 3 is 2.45 bits per heavy atom. The average molecular weight is 401 g/mol. The fourth-order valence-electron chi connectivity index (χ4n) is 2.79. The van der Waals surface area contributed by atoms with Crippen molar-refractivity contribution < 1.29 is 23.7 Å². The molecular formula is C21H27N3O5. The number of nitrogens with zero attached hydrogens (tertiary/aromatic N) is 2. The van der Waals surface area contributed by atoms with Crippen LogP contribution in [0, 0.1) is 0 Å². The summed E-state index contributed by atoms with van der Waals surface area (Å²) in [5.74, 6) is 1.64. The number of nitrogens with one attached hydrogen (secondary N) is 1. The quantitative estimate of drug-likeness (QED) is 0.654. The molecule has 0 bridgehead atoms. The lowest BCUT2D eigenvalue weighted by Crippen LogP contribution is -2.38. The van der Waals surface area contributed by atoms with Crippen LogP contribution in [0.25, 0.3) is 0 Å². The average Bonchev–Trinajstić information content (AvgIpc) is 2.75. The highest BCUT2D eigenvalue weighted by molar-refractivity contribution is 5.91. The van der Waals surface area contributed by atoms with Gasteiger partial charge in [-0.25, -0.2) is 4.98 Å². The first-order valence-electron chi connectivity index (χ1n) is 9.77. The van der Waals surface area contributed by atoms with Crippen LogP contribution in [0.2, 0.25) is 0 Å². The van der Waals surface area contributed by atoms with Crippen molar-refractivity contribution in [2.45, 2.75) is 6.92 Å². The van der Waals surface area contributed by atoms with Crippen LogP contribution in [-0.4, -0.2) is 68.5 Å². The molecule has 2 heterocycles. The summed E-state index contributed by atoms with van der Waals surface area (Å²) in [6.07, 6.45) is 1.57. The van der Waals surface area contributed by atoms with Crippen molar-refractivity contribution in [1.82, 2.24) is 9.88 Å². The van der Waals surface area contributed by atoms with E-state index in [2.05, 4.69) is 15.2 Å². The summed E-state index contributed by atoms with van der Waals surface area (Å²) in [6.45, 7) is 7.25. The zero-order valence-corrected chi connectivity index (χ0v) is 16.6. The zero-order chi connectivity index (χ0) is 20.3. The maximum Gasteiger partial charge on any atom is 0.262 e. The standard InChI is InChI=1S/C21H27N3O5/c1-2-27-18-4-6-19(7-5-18)29-16-20(25)23-17-3-8-21(22-15-17)28-14-11-24-9-12-26-13-10-24/h3-8,15H,2,9-14,16H2,1H3,(H,23,25). The molecule has 29 heavy (non-hydrogen) atoms. The van der Waals surface area contributed by atoms with Crippen molar-refractivity contribution in [2.75, 3.05) is 58.0 Å². The van der Waals surface area contributed by atoms with Gasteiger partial charge < -0.3 is 24.3 Å². The molecule has 1 saturated heterocycles. The van der Waals surface area contributed by atoms with E-state index in [1.54, 1.807) is 42.6 Å². The number of anilines is 1. The Balaban J connectivity index is 1.36. The normalized spacial score (nSPS) is 14.2. The Morgan fingerprint density at radius 1 is 1.07 bits per heavy atom. The Labute approximate surface area is 170 Å². The lowest BCUT2D eigenvalue weighted by molar-refractivity contribution is -0.118. The topological polar surface area (TPSA) is 82.2 Å². The molecule has 1 aliphatic heterocycles. The lowest BCUT2D eigenvalue weighted by Gasteiger charge is -2.26. The lowest BCUT2D eigenvalue weighted by atomic mass is 10.3. The number of pyridine rings is 1. The van der Waals surface area contributed by atoms with Crippen LogP contribution < -0.4 is 19.5 Å². The van der Waals surface area contributed by atoms with Crippen molar-refractivity contribution in [2.24, 2.45) is 0 Å². The third-order valence-corrected chi connectivity index (χ3v) is 4.29. The fourth-order valence-corrected chi connectivity index (χ4v) is 2.79. The minimum absolute atomic E-state index is 0.0915. The zero-order valence-electron chi connectivity index (χ0n) is 16.6. The van der Waals surface area contributed by atoms with Crippen LogP contribution in [0.4, 0.5) is 5.69 Å². The molecule has 0 spiro atoms. The highest BCUT2D eigenvalue weighted by Crippen LogP contribution is 2.17. The first-order valence-corrected chi connectivity index (χ1v) is 9.77. The maximum absolute atomic E-state index is 12.1. The van der Waals surface area contributed by atoms with Crippen LogP contribution in [-0.2, 0) is 9.53 Å². The predicted molar refractivity (Wildman–Crippen MR) is 109 cm³/mol. The van der Waals surface area contributed by atoms with Gasteiger partial charge in [-0.1, -0.05) is 0 Å². The highest BCUT2D eigenvalue weighted by atomic mass is 16.5. The molecule has 0 unspecified atom stereocenters. The summed E-state index contributed by atoms with van der Waals surface area (Å²) in [4.78, 5) is 18.6. The first-order chi connectivity index (χ1) is 14.2. The van der Waals surface area contributed by atoms with E-state index in [-0.39, 0.29) is 12.5 Å². The van der Waals surface area contributed by atoms with Gasteiger partial charge in [0.1, 0.15) is 18.1 Å². The number of ether oxygens (including phenoxy) is 4. The maximum atomic E-state index is 12.1. The number of amides is 1. The largest absolute Gasteiger partial charge is 0.494 e. The van der Waals surface area contributed by atoms with Gasteiger partial charge in [-0.2, -0.15) is 0 Å². The van der Waals surface area contributed by atoms with Gasteiger partial charge in [0.05, 0.1) is 31.7 Å². The number of hydrogen-bond donors (Lipinski definition) is 1. The number of hydrogen-bond acceptors (Lipinski definition) is 7. The summed E-state index contributed by atoms with van der Waals surface area (Å²) >= 11 is 0. The van der Waals surface area contributed by atoms with E-state index in [1.807, 2.05) is 6.92 Å². The van der Waals surface area contributed by atoms with Crippen molar-refractivity contribution in [3.05, 3.63) is 42.6 Å². The van der Waals surface area contributed by atoms with Crippen LogP contribution in [0.3, 0.4) is 0 Å². The molecule has 156 valence electrons. The SMILES string of the molecule is CCOc1ccc(OCC(=O)Nc2ccc(OCCN3CCOCC3)nc2)cc1. The number of aromatic nitrogens is 1. The van der Waals surface area contributed by atoms with Gasteiger partial charge in [0.2, 0.25) is 5.88 Å². The van der Waals surface area contributed by atoms with Gasteiger partial charge >= 0.3 is 0 Å². The molecule has 2 aromatic rings. The molecule has 8 heteroatoms. The van der Waals surface area contributed by atoms with Gasteiger partial charge in [0, 0.05) is 25.7 Å². The van der Waals surface area contributed by atoms with E-state index < -0.39 is 0 Å². The van der Waals surface area contributed by atoms with Gasteiger partial charge in [-0.3, -0.25) is 9.69 Å². The smallest absolute Gasteiger partial charge is 0.262 e. The third-order valence-electron chi connectivity index (χ3n) is 4.29. The molecule has 0 saturated carbocycles. The molecule has 0 aliphatic carbocycles. The molecule has 8 nitrogen and oxygen atoms in total. The second-order valence-corrected chi connectivity index (χ2v) is 6.43. The molecule has 1 aliphatic rings.